The van der Waals surface area contributed by atoms with E-state index in [-0.39, 0.29) is 0 Å². The second kappa shape index (κ2) is 7.90. The van der Waals surface area contributed by atoms with E-state index in [4.69, 9.17) is 16.3 Å². The molecule has 0 aromatic heterocycles. The number of nitrogens with one attached hydrogen (secondary N) is 1. The van der Waals surface area contributed by atoms with Crippen LogP contribution in [0.3, 0.4) is 0 Å². The third-order valence-electron chi connectivity index (χ3n) is 4.29. The van der Waals surface area contributed by atoms with Crippen molar-refractivity contribution in [2.45, 2.75) is 58.6 Å². The number of ether oxygens (including phenoxy) is 1. The van der Waals surface area contributed by atoms with Gasteiger partial charge in [0, 0.05) is 17.1 Å². The molecule has 20 heavy (non-hydrogen) atoms. The second-order valence-corrected chi connectivity index (χ2v) is 6.07. The summed E-state index contributed by atoms with van der Waals surface area (Å²) in [5, 5.41) is 4.13. The number of hydrogen-bond donors (Lipinski definition) is 1. The maximum atomic E-state index is 6.31. The Morgan fingerprint density at radius 3 is 2.60 bits per heavy atom. The molecule has 1 aliphatic rings. The Morgan fingerprint density at radius 2 is 1.95 bits per heavy atom. The smallest absolute Gasteiger partial charge is 0.125 e. The van der Waals surface area contributed by atoms with Gasteiger partial charge < -0.3 is 10.1 Å². The van der Waals surface area contributed by atoms with E-state index in [1.807, 2.05) is 18.2 Å². The van der Waals surface area contributed by atoms with Gasteiger partial charge in [-0.05, 0) is 50.3 Å². The molecule has 1 aromatic carbocycles. The molecule has 0 spiro atoms. The highest BCUT2D eigenvalue weighted by molar-refractivity contribution is 6.31. The molecular weight excluding hydrogens is 270 g/mol. The summed E-state index contributed by atoms with van der Waals surface area (Å²) in [4.78, 5) is 0. The van der Waals surface area contributed by atoms with Gasteiger partial charge in [0.05, 0.1) is 6.10 Å². The van der Waals surface area contributed by atoms with E-state index < -0.39 is 0 Å². The monoisotopic (exact) mass is 295 g/mol. The minimum absolute atomic E-state index is 0.358. The molecule has 0 amide bonds. The van der Waals surface area contributed by atoms with Crippen molar-refractivity contribution >= 4 is 11.6 Å². The van der Waals surface area contributed by atoms with Gasteiger partial charge in [0.2, 0.25) is 0 Å². The second-order valence-electron chi connectivity index (χ2n) is 5.67. The first-order valence-corrected chi connectivity index (χ1v) is 8.27. The Kier molecular flexibility index (Phi) is 6.18. The topological polar surface area (TPSA) is 21.3 Å². The summed E-state index contributed by atoms with van der Waals surface area (Å²) >= 11 is 6.31. The molecule has 2 rings (SSSR count). The zero-order valence-electron chi connectivity index (χ0n) is 12.6. The van der Waals surface area contributed by atoms with Crippen LogP contribution < -0.4 is 10.1 Å². The van der Waals surface area contributed by atoms with Crippen LogP contribution in [0.2, 0.25) is 5.02 Å². The molecule has 0 aliphatic heterocycles. The fourth-order valence-electron chi connectivity index (χ4n) is 2.91. The van der Waals surface area contributed by atoms with E-state index in [0.29, 0.717) is 6.10 Å². The lowest BCUT2D eigenvalue weighted by molar-refractivity contribution is 0.128. The van der Waals surface area contributed by atoms with E-state index >= 15 is 0 Å². The third kappa shape index (κ3) is 4.13. The largest absolute Gasteiger partial charge is 0.490 e. The average Bonchev–Trinajstić information content (AvgIpc) is 2.47. The molecule has 1 aliphatic carbocycles. The molecule has 3 heteroatoms. The van der Waals surface area contributed by atoms with Crippen molar-refractivity contribution in [1.82, 2.24) is 5.32 Å². The van der Waals surface area contributed by atoms with E-state index in [1.54, 1.807) is 0 Å². The molecule has 1 fully saturated rings. The lowest BCUT2D eigenvalue weighted by Crippen LogP contribution is -2.24. The molecule has 0 saturated heterocycles. The van der Waals surface area contributed by atoms with E-state index in [2.05, 4.69) is 19.2 Å². The Balaban J connectivity index is 2.00. The lowest BCUT2D eigenvalue weighted by atomic mass is 9.86. The zero-order valence-corrected chi connectivity index (χ0v) is 13.4. The standard InChI is InChI=1S/C17H26ClNO/c1-3-13-8-10-14(11-9-13)20-17-7-5-6-16(18)15(17)12-19-4-2/h5-7,13-14,19H,3-4,8-12H2,1-2H3. The van der Waals surface area contributed by atoms with Gasteiger partial charge in [-0.15, -0.1) is 0 Å². The molecule has 0 unspecified atom stereocenters. The Hall–Kier alpha value is -0.730. The summed E-state index contributed by atoms with van der Waals surface area (Å²) in [5.74, 6) is 1.86. The van der Waals surface area contributed by atoms with Crippen LogP contribution >= 0.6 is 11.6 Å². The van der Waals surface area contributed by atoms with Gasteiger partial charge in [0.25, 0.3) is 0 Å². The molecule has 112 valence electrons. The summed E-state index contributed by atoms with van der Waals surface area (Å²) in [6, 6.07) is 5.96. The van der Waals surface area contributed by atoms with Crippen LogP contribution in [-0.4, -0.2) is 12.6 Å². The number of rotatable bonds is 6. The van der Waals surface area contributed by atoms with Gasteiger partial charge in [-0.2, -0.15) is 0 Å². The number of benzene rings is 1. The number of halogens is 1. The van der Waals surface area contributed by atoms with Crippen molar-refractivity contribution in [3.8, 4) is 5.75 Å². The van der Waals surface area contributed by atoms with Gasteiger partial charge in [-0.25, -0.2) is 0 Å². The Labute approximate surface area is 127 Å². The van der Waals surface area contributed by atoms with Crippen molar-refractivity contribution in [2.24, 2.45) is 5.92 Å². The van der Waals surface area contributed by atoms with Gasteiger partial charge in [-0.3, -0.25) is 0 Å². The summed E-state index contributed by atoms with van der Waals surface area (Å²) in [7, 11) is 0. The van der Waals surface area contributed by atoms with Crippen molar-refractivity contribution in [3.05, 3.63) is 28.8 Å². The molecule has 0 heterocycles. The first-order valence-electron chi connectivity index (χ1n) is 7.89. The number of hydrogen-bond acceptors (Lipinski definition) is 2. The van der Waals surface area contributed by atoms with Crippen LogP contribution in [0.15, 0.2) is 18.2 Å². The van der Waals surface area contributed by atoms with Crippen LogP contribution in [0.5, 0.6) is 5.75 Å². The van der Waals surface area contributed by atoms with Crippen LogP contribution in [0.1, 0.15) is 51.5 Å². The van der Waals surface area contributed by atoms with Crippen LogP contribution in [-0.2, 0) is 6.54 Å². The highest BCUT2D eigenvalue weighted by Crippen LogP contribution is 2.32. The predicted molar refractivity (Wildman–Crippen MR) is 85.5 cm³/mol. The van der Waals surface area contributed by atoms with Crippen LogP contribution in [0, 0.1) is 5.92 Å². The summed E-state index contributed by atoms with van der Waals surface area (Å²) < 4.78 is 6.23. The van der Waals surface area contributed by atoms with Crippen molar-refractivity contribution in [2.75, 3.05) is 6.54 Å². The first kappa shape index (κ1) is 15.7. The lowest BCUT2D eigenvalue weighted by Gasteiger charge is -2.29. The molecule has 1 N–H and O–H groups in total. The molecule has 2 nitrogen and oxygen atoms in total. The average molecular weight is 296 g/mol. The molecule has 0 bridgehead atoms. The van der Waals surface area contributed by atoms with Gasteiger partial charge in [0.15, 0.2) is 0 Å². The fraction of sp³-hybridized carbons (Fsp3) is 0.647. The molecule has 0 atom stereocenters. The highest BCUT2D eigenvalue weighted by atomic mass is 35.5. The SMILES string of the molecule is CCNCc1c(Cl)cccc1OC1CCC(CC)CC1. The minimum Gasteiger partial charge on any atom is -0.490 e. The minimum atomic E-state index is 0.358. The quantitative estimate of drug-likeness (QED) is 0.814. The van der Waals surface area contributed by atoms with Gasteiger partial charge in [-0.1, -0.05) is 37.9 Å². The summed E-state index contributed by atoms with van der Waals surface area (Å²) in [5.41, 5.74) is 1.09. The maximum absolute atomic E-state index is 6.31. The van der Waals surface area contributed by atoms with Crippen molar-refractivity contribution in [3.63, 3.8) is 0 Å². The highest BCUT2D eigenvalue weighted by Gasteiger charge is 2.22. The Bertz CT molecular complexity index is 413. The van der Waals surface area contributed by atoms with Gasteiger partial charge >= 0.3 is 0 Å². The molecule has 0 radical (unpaired) electrons. The molecule has 1 aromatic rings. The van der Waals surface area contributed by atoms with Crippen molar-refractivity contribution in [1.29, 1.82) is 0 Å². The third-order valence-corrected chi connectivity index (χ3v) is 4.65. The maximum Gasteiger partial charge on any atom is 0.125 e. The Morgan fingerprint density at radius 1 is 1.20 bits per heavy atom. The van der Waals surface area contributed by atoms with Crippen LogP contribution in [0.25, 0.3) is 0 Å². The molecular formula is C17H26ClNO. The molecule has 1 saturated carbocycles. The van der Waals surface area contributed by atoms with E-state index in [1.165, 1.54) is 32.1 Å². The van der Waals surface area contributed by atoms with Gasteiger partial charge in [0.1, 0.15) is 5.75 Å². The first-order chi connectivity index (χ1) is 9.74. The van der Waals surface area contributed by atoms with Crippen molar-refractivity contribution < 1.29 is 4.74 Å². The van der Waals surface area contributed by atoms with Crippen LogP contribution in [0.4, 0.5) is 0 Å². The summed E-state index contributed by atoms with van der Waals surface area (Å²) in [6.07, 6.45) is 6.60. The van der Waals surface area contributed by atoms with E-state index in [0.717, 1.165) is 35.3 Å². The predicted octanol–water partition coefficient (Wildman–Crippen LogP) is 4.80. The normalized spacial score (nSPS) is 22.8. The van der Waals surface area contributed by atoms with E-state index in [9.17, 15) is 0 Å². The zero-order chi connectivity index (χ0) is 14.4. The fourth-order valence-corrected chi connectivity index (χ4v) is 3.14. The summed E-state index contributed by atoms with van der Waals surface area (Å²) in [6.45, 7) is 6.10.